The quantitative estimate of drug-likeness (QED) is 0.508. The van der Waals surface area contributed by atoms with E-state index in [0.717, 1.165) is 0 Å². The van der Waals surface area contributed by atoms with Crippen LogP contribution in [0.4, 0.5) is 0 Å². The van der Waals surface area contributed by atoms with E-state index in [9.17, 15) is 0 Å². The molecule has 0 spiro atoms. The second-order valence-corrected chi connectivity index (χ2v) is 1.28. The predicted molar refractivity (Wildman–Crippen MR) is 28.3 cm³/mol. The minimum atomic E-state index is 1.18. The Morgan fingerprint density at radius 2 is 2.33 bits per heavy atom. The molecule has 0 atom stereocenters. The van der Waals surface area contributed by atoms with Crippen LogP contribution in [0.5, 0.6) is 0 Å². The standard InChI is InChI=1S/C5H12N/c1-3-4-5-6-2/h5-6H,3-4H2,1-2H3. The third kappa shape index (κ3) is 3.96. The zero-order valence-corrected chi connectivity index (χ0v) is 4.49. The normalized spacial score (nSPS) is 9.00. The Kier molecular flexibility index (Phi) is 4.93. The maximum atomic E-state index is 2.94. The molecule has 0 heterocycles. The summed E-state index contributed by atoms with van der Waals surface area (Å²) in [5.41, 5.74) is 0. The summed E-state index contributed by atoms with van der Waals surface area (Å²) in [5, 5.41) is 2.94. The second-order valence-electron chi connectivity index (χ2n) is 1.28. The molecule has 0 saturated heterocycles. The van der Waals surface area contributed by atoms with Gasteiger partial charge < -0.3 is 5.32 Å². The summed E-state index contributed by atoms with van der Waals surface area (Å²) < 4.78 is 0. The van der Waals surface area contributed by atoms with Gasteiger partial charge in [-0.1, -0.05) is 13.3 Å². The first-order valence-electron chi connectivity index (χ1n) is 2.40. The molecule has 0 amide bonds. The van der Waals surface area contributed by atoms with Gasteiger partial charge in [0.1, 0.15) is 0 Å². The fourth-order valence-electron chi connectivity index (χ4n) is 0.289. The van der Waals surface area contributed by atoms with Gasteiger partial charge >= 0.3 is 0 Å². The molecule has 1 nitrogen and oxygen atoms in total. The van der Waals surface area contributed by atoms with Gasteiger partial charge in [0.05, 0.1) is 0 Å². The Morgan fingerprint density at radius 3 is 2.50 bits per heavy atom. The number of hydrogen-bond donors (Lipinski definition) is 1. The Balaban J connectivity index is 2.34. The summed E-state index contributed by atoms with van der Waals surface area (Å²) in [7, 11) is 1.93. The van der Waals surface area contributed by atoms with Crippen molar-refractivity contribution >= 4 is 0 Å². The van der Waals surface area contributed by atoms with Crippen LogP contribution in [-0.2, 0) is 0 Å². The van der Waals surface area contributed by atoms with Crippen LogP contribution < -0.4 is 5.32 Å². The molecule has 0 aliphatic carbocycles. The number of rotatable bonds is 3. The zero-order chi connectivity index (χ0) is 4.83. The first kappa shape index (κ1) is 5.96. The highest BCUT2D eigenvalue weighted by molar-refractivity contribution is 4.53. The Morgan fingerprint density at radius 1 is 1.67 bits per heavy atom. The van der Waals surface area contributed by atoms with Gasteiger partial charge in [-0.3, -0.25) is 0 Å². The van der Waals surface area contributed by atoms with Crippen LogP contribution in [0.1, 0.15) is 19.8 Å². The summed E-state index contributed by atoms with van der Waals surface area (Å²) >= 11 is 0. The van der Waals surface area contributed by atoms with E-state index in [0.29, 0.717) is 0 Å². The van der Waals surface area contributed by atoms with Gasteiger partial charge in [0.2, 0.25) is 0 Å². The van der Waals surface area contributed by atoms with E-state index < -0.39 is 0 Å². The number of unbranched alkanes of at least 4 members (excludes halogenated alkanes) is 1. The molecule has 0 aliphatic rings. The monoisotopic (exact) mass is 86.1 g/mol. The lowest BCUT2D eigenvalue weighted by Gasteiger charge is -1.88. The Labute approximate surface area is 39.7 Å². The van der Waals surface area contributed by atoms with Gasteiger partial charge in [0.25, 0.3) is 0 Å². The molecule has 1 heteroatoms. The molecule has 0 aromatic heterocycles. The fourth-order valence-corrected chi connectivity index (χ4v) is 0.289. The molecule has 0 aromatic carbocycles. The molecule has 1 N–H and O–H groups in total. The van der Waals surface area contributed by atoms with E-state index in [1.807, 2.05) is 7.05 Å². The highest BCUT2D eigenvalue weighted by atomic mass is 14.8. The molecule has 0 aliphatic heterocycles. The first-order chi connectivity index (χ1) is 2.91. The molecule has 1 radical (unpaired) electrons. The van der Waals surface area contributed by atoms with Crippen LogP contribution in [0, 0.1) is 6.54 Å². The maximum Gasteiger partial charge on any atom is 0.0217 e. The predicted octanol–water partition coefficient (Wildman–Crippen LogP) is 1.17. The van der Waals surface area contributed by atoms with Gasteiger partial charge in [0.15, 0.2) is 0 Å². The minimum Gasteiger partial charge on any atom is -0.315 e. The molecule has 0 bridgehead atoms. The molecule has 37 valence electrons. The minimum absolute atomic E-state index is 1.18. The molecule has 0 fully saturated rings. The van der Waals surface area contributed by atoms with Gasteiger partial charge in [-0.05, 0) is 13.5 Å². The number of nitrogens with one attached hydrogen (secondary N) is 1. The average molecular weight is 86.2 g/mol. The molecular formula is C5H12N. The third-order valence-electron chi connectivity index (χ3n) is 0.637. The van der Waals surface area contributed by atoms with Crippen LogP contribution in [0.15, 0.2) is 0 Å². The van der Waals surface area contributed by atoms with E-state index in [4.69, 9.17) is 0 Å². The van der Waals surface area contributed by atoms with Crippen molar-refractivity contribution in [2.45, 2.75) is 19.8 Å². The smallest absolute Gasteiger partial charge is 0.0217 e. The summed E-state index contributed by atoms with van der Waals surface area (Å²) in [6.45, 7) is 4.22. The third-order valence-corrected chi connectivity index (χ3v) is 0.637. The van der Waals surface area contributed by atoms with Crippen molar-refractivity contribution in [2.75, 3.05) is 7.05 Å². The summed E-state index contributed by atoms with van der Waals surface area (Å²) in [5.74, 6) is 0. The summed E-state index contributed by atoms with van der Waals surface area (Å²) in [6, 6.07) is 0. The molecule has 0 saturated carbocycles. The highest BCUT2D eigenvalue weighted by Gasteiger charge is 1.74. The van der Waals surface area contributed by atoms with Crippen LogP contribution in [0.3, 0.4) is 0 Å². The molecule has 0 rings (SSSR count). The topological polar surface area (TPSA) is 12.0 Å². The van der Waals surface area contributed by atoms with Crippen LogP contribution in [0.25, 0.3) is 0 Å². The fraction of sp³-hybridized carbons (Fsp3) is 0.800. The van der Waals surface area contributed by atoms with E-state index in [2.05, 4.69) is 18.8 Å². The Hall–Kier alpha value is -0.0400. The summed E-state index contributed by atoms with van der Waals surface area (Å²) in [4.78, 5) is 0. The van der Waals surface area contributed by atoms with Crippen molar-refractivity contribution in [3.05, 3.63) is 6.54 Å². The molecular weight excluding hydrogens is 74.1 g/mol. The van der Waals surface area contributed by atoms with Gasteiger partial charge in [0, 0.05) is 6.54 Å². The van der Waals surface area contributed by atoms with Crippen molar-refractivity contribution in [1.29, 1.82) is 0 Å². The first-order valence-corrected chi connectivity index (χ1v) is 2.40. The van der Waals surface area contributed by atoms with E-state index in [1.165, 1.54) is 12.8 Å². The summed E-state index contributed by atoms with van der Waals surface area (Å²) in [6.07, 6.45) is 2.41. The van der Waals surface area contributed by atoms with Crippen molar-refractivity contribution in [3.8, 4) is 0 Å². The lowest BCUT2D eigenvalue weighted by atomic mass is 10.3. The van der Waals surface area contributed by atoms with Crippen LogP contribution in [-0.4, -0.2) is 7.05 Å². The maximum absolute atomic E-state index is 2.94. The van der Waals surface area contributed by atoms with Gasteiger partial charge in [-0.15, -0.1) is 0 Å². The molecule has 0 aromatic rings. The van der Waals surface area contributed by atoms with Crippen molar-refractivity contribution in [3.63, 3.8) is 0 Å². The lowest BCUT2D eigenvalue weighted by molar-refractivity contribution is 0.808. The highest BCUT2D eigenvalue weighted by Crippen LogP contribution is 1.84. The van der Waals surface area contributed by atoms with E-state index in [-0.39, 0.29) is 0 Å². The van der Waals surface area contributed by atoms with Crippen molar-refractivity contribution < 1.29 is 0 Å². The zero-order valence-electron chi connectivity index (χ0n) is 4.49. The Bertz CT molecular complexity index is 15.9. The van der Waals surface area contributed by atoms with Crippen LogP contribution in [0.2, 0.25) is 0 Å². The largest absolute Gasteiger partial charge is 0.315 e. The van der Waals surface area contributed by atoms with Gasteiger partial charge in [-0.25, -0.2) is 0 Å². The average Bonchev–Trinajstić information content (AvgIpc) is 1.61. The van der Waals surface area contributed by atoms with E-state index >= 15 is 0 Å². The van der Waals surface area contributed by atoms with Crippen molar-refractivity contribution in [2.24, 2.45) is 0 Å². The number of hydrogen-bond acceptors (Lipinski definition) is 1. The lowest BCUT2D eigenvalue weighted by Crippen LogP contribution is -1.98. The van der Waals surface area contributed by atoms with Crippen molar-refractivity contribution in [1.82, 2.24) is 5.32 Å². The molecule has 6 heavy (non-hydrogen) atoms. The van der Waals surface area contributed by atoms with Gasteiger partial charge in [-0.2, -0.15) is 0 Å². The SMILES string of the molecule is CCC[CH]NC. The van der Waals surface area contributed by atoms with E-state index in [1.54, 1.807) is 0 Å². The molecule has 0 unspecified atom stereocenters. The second kappa shape index (κ2) is 4.96. The van der Waals surface area contributed by atoms with Crippen LogP contribution >= 0.6 is 0 Å².